The molecule has 190 valence electrons. The molecule has 0 bridgehead atoms. The van der Waals surface area contributed by atoms with Crippen LogP contribution < -0.4 is 4.74 Å². The number of ketones is 2. The van der Waals surface area contributed by atoms with Crippen LogP contribution in [0.2, 0.25) is 0 Å². The molecule has 0 unspecified atom stereocenters. The number of carbonyl (C=O) groups is 2. The van der Waals surface area contributed by atoms with Gasteiger partial charge in [-0.3, -0.25) is 9.59 Å². The fourth-order valence-corrected chi connectivity index (χ4v) is 7.31. The Bertz CT molecular complexity index is 1090. The van der Waals surface area contributed by atoms with E-state index in [1.807, 2.05) is 12.1 Å². The molecular weight excluding hydrogens is 570 g/mol. The number of benzene rings is 1. The molecule has 0 saturated carbocycles. The van der Waals surface area contributed by atoms with Crippen molar-refractivity contribution in [1.29, 1.82) is 0 Å². The average molecular weight is 607 g/mol. The highest BCUT2D eigenvalue weighted by Gasteiger charge is 2.49. The fourth-order valence-electron chi connectivity index (χ4n) is 5.94. The summed E-state index contributed by atoms with van der Waals surface area (Å²) < 4.78 is 8.08. The second-order valence-electron chi connectivity index (χ2n) is 12.3. The topological polar surface area (TPSA) is 46.6 Å². The molecule has 35 heavy (non-hydrogen) atoms. The van der Waals surface area contributed by atoms with Crippen molar-refractivity contribution in [3.8, 4) is 5.75 Å². The van der Waals surface area contributed by atoms with Crippen molar-refractivity contribution in [3.05, 3.63) is 49.2 Å². The van der Waals surface area contributed by atoms with Gasteiger partial charge >= 0.3 is 0 Å². The predicted molar refractivity (Wildman–Crippen MR) is 147 cm³/mol. The van der Waals surface area contributed by atoms with Crippen molar-refractivity contribution in [2.24, 2.45) is 16.7 Å². The van der Waals surface area contributed by atoms with Gasteiger partial charge in [-0.05, 0) is 64.6 Å². The van der Waals surface area contributed by atoms with Gasteiger partial charge in [0.05, 0.1) is 11.1 Å². The lowest BCUT2D eigenvalue weighted by Gasteiger charge is -2.49. The molecule has 4 nitrogen and oxygen atoms in total. The SMILES string of the molecule is CCN1C2=C(C(=O)CC(C)(C)C2)C(c2cc(Br)cc(Br)c2OCC(C)C)C2=C1CC(C)(C)CC2=O. The van der Waals surface area contributed by atoms with E-state index in [0.29, 0.717) is 25.4 Å². The summed E-state index contributed by atoms with van der Waals surface area (Å²) in [6.45, 7) is 16.3. The number of hydrogen-bond donors (Lipinski definition) is 0. The molecular formula is C29H37Br2NO3. The molecule has 2 aliphatic carbocycles. The van der Waals surface area contributed by atoms with E-state index in [1.165, 1.54) is 0 Å². The third-order valence-electron chi connectivity index (χ3n) is 7.25. The zero-order valence-electron chi connectivity index (χ0n) is 22.0. The zero-order chi connectivity index (χ0) is 25.9. The molecule has 0 saturated heterocycles. The molecule has 4 rings (SSSR count). The van der Waals surface area contributed by atoms with Crippen LogP contribution in [-0.4, -0.2) is 29.6 Å². The average Bonchev–Trinajstić information content (AvgIpc) is 2.69. The van der Waals surface area contributed by atoms with E-state index < -0.39 is 5.92 Å². The Morgan fingerprint density at radius 3 is 1.91 bits per heavy atom. The third-order valence-corrected chi connectivity index (χ3v) is 8.29. The molecule has 1 aromatic rings. The Hall–Kier alpha value is -1.40. The third kappa shape index (κ3) is 5.07. The van der Waals surface area contributed by atoms with E-state index in [2.05, 4.69) is 85.2 Å². The lowest BCUT2D eigenvalue weighted by atomic mass is 9.63. The van der Waals surface area contributed by atoms with E-state index in [0.717, 1.165) is 62.2 Å². The number of Topliss-reactive ketones (excluding diaryl/α,β-unsaturated/α-hetero) is 2. The van der Waals surface area contributed by atoms with Crippen molar-refractivity contribution >= 4 is 43.4 Å². The lowest BCUT2D eigenvalue weighted by Crippen LogP contribution is -2.44. The highest BCUT2D eigenvalue weighted by atomic mass is 79.9. The van der Waals surface area contributed by atoms with Gasteiger partial charge in [-0.1, -0.05) is 57.5 Å². The summed E-state index contributed by atoms with van der Waals surface area (Å²) >= 11 is 7.38. The van der Waals surface area contributed by atoms with E-state index >= 15 is 0 Å². The van der Waals surface area contributed by atoms with Gasteiger partial charge in [0.25, 0.3) is 0 Å². The van der Waals surface area contributed by atoms with Crippen molar-refractivity contribution in [3.63, 3.8) is 0 Å². The van der Waals surface area contributed by atoms with Gasteiger partial charge in [0.15, 0.2) is 11.6 Å². The Balaban J connectivity index is 2.03. The van der Waals surface area contributed by atoms with E-state index in [1.54, 1.807) is 0 Å². The number of ether oxygens (including phenoxy) is 1. The number of carbonyl (C=O) groups excluding carboxylic acids is 2. The van der Waals surface area contributed by atoms with Gasteiger partial charge in [0.2, 0.25) is 0 Å². The van der Waals surface area contributed by atoms with Crippen LogP contribution in [0.1, 0.15) is 85.6 Å². The van der Waals surface area contributed by atoms with Gasteiger partial charge in [0.1, 0.15) is 5.75 Å². The summed E-state index contributed by atoms with van der Waals surface area (Å²) in [5.41, 5.74) is 4.42. The van der Waals surface area contributed by atoms with Crippen LogP contribution in [0.15, 0.2) is 43.6 Å². The summed E-state index contributed by atoms with van der Waals surface area (Å²) in [5, 5.41) is 0. The van der Waals surface area contributed by atoms with Gasteiger partial charge in [0, 0.05) is 57.9 Å². The molecule has 0 aromatic heterocycles. The van der Waals surface area contributed by atoms with Gasteiger partial charge in [-0.25, -0.2) is 0 Å². The molecule has 0 amide bonds. The molecule has 6 heteroatoms. The van der Waals surface area contributed by atoms with Crippen LogP contribution in [0.25, 0.3) is 0 Å². The summed E-state index contributed by atoms with van der Waals surface area (Å²) in [7, 11) is 0. The number of rotatable bonds is 5. The van der Waals surface area contributed by atoms with Crippen molar-refractivity contribution in [2.45, 2.75) is 80.1 Å². The summed E-state index contributed by atoms with van der Waals surface area (Å²) in [6, 6.07) is 4.02. The first-order valence-electron chi connectivity index (χ1n) is 12.7. The van der Waals surface area contributed by atoms with Gasteiger partial charge < -0.3 is 9.64 Å². The maximum absolute atomic E-state index is 13.9. The minimum Gasteiger partial charge on any atom is -0.492 e. The predicted octanol–water partition coefficient (Wildman–Crippen LogP) is 7.95. The Kier molecular flexibility index (Phi) is 7.22. The van der Waals surface area contributed by atoms with E-state index in [4.69, 9.17) is 4.74 Å². The van der Waals surface area contributed by atoms with Crippen molar-refractivity contribution in [2.75, 3.05) is 13.2 Å². The normalized spacial score (nSPS) is 22.1. The fraction of sp³-hybridized carbons (Fsp3) is 0.586. The van der Waals surface area contributed by atoms with E-state index in [-0.39, 0.29) is 22.4 Å². The molecule has 1 heterocycles. The first kappa shape index (κ1) is 26.7. The molecule has 0 N–H and O–H groups in total. The zero-order valence-corrected chi connectivity index (χ0v) is 25.2. The number of allylic oxidation sites excluding steroid dienone is 4. The van der Waals surface area contributed by atoms with Crippen LogP contribution in [0.3, 0.4) is 0 Å². The first-order chi connectivity index (χ1) is 16.2. The molecule has 0 fully saturated rings. The van der Waals surface area contributed by atoms with Crippen molar-refractivity contribution < 1.29 is 14.3 Å². The Labute approximate surface area is 226 Å². The van der Waals surface area contributed by atoms with Crippen LogP contribution >= 0.6 is 31.9 Å². The number of nitrogens with zero attached hydrogens (tertiary/aromatic N) is 1. The van der Waals surface area contributed by atoms with Crippen LogP contribution in [0.4, 0.5) is 0 Å². The monoisotopic (exact) mass is 605 g/mol. The molecule has 0 atom stereocenters. The smallest absolute Gasteiger partial charge is 0.162 e. The largest absolute Gasteiger partial charge is 0.492 e. The minimum absolute atomic E-state index is 0.116. The highest BCUT2D eigenvalue weighted by molar-refractivity contribution is 9.11. The Morgan fingerprint density at radius 1 is 0.943 bits per heavy atom. The molecule has 1 aliphatic heterocycles. The highest BCUT2D eigenvalue weighted by Crippen LogP contribution is 2.56. The van der Waals surface area contributed by atoms with Crippen molar-refractivity contribution in [1.82, 2.24) is 4.90 Å². The number of halogens is 2. The second-order valence-corrected chi connectivity index (χ2v) is 14.1. The van der Waals surface area contributed by atoms with Gasteiger partial charge in [-0.2, -0.15) is 0 Å². The maximum atomic E-state index is 13.9. The van der Waals surface area contributed by atoms with E-state index in [9.17, 15) is 9.59 Å². The molecule has 3 aliphatic rings. The molecule has 1 aromatic carbocycles. The summed E-state index contributed by atoms with van der Waals surface area (Å²) in [6.07, 6.45) is 2.61. The molecule has 0 spiro atoms. The lowest BCUT2D eigenvalue weighted by molar-refractivity contribution is -0.119. The maximum Gasteiger partial charge on any atom is 0.162 e. The summed E-state index contributed by atoms with van der Waals surface area (Å²) in [5.74, 6) is 0.959. The Morgan fingerprint density at radius 2 is 1.46 bits per heavy atom. The van der Waals surface area contributed by atoms with Gasteiger partial charge in [-0.15, -0.1) is 0 Å². The number of hydrogen-bond acceptors (Lipinski definition) is 4. The molecule has 0 radical (unpaired) electrons. The second kappa shape index (κ2) is 9.48. The summed E-state index contributed by atoms with van der Waals surface area (Å²) in [4.78, 5) is 30.0. The van der Waals surface area contributed by atoms with Crippen LogP contribution in [0.5, 0.6) is 5.75 Å². The van der Waals surface area contributed by atoms with Crippen LogP contribution in [0, 0.1) is 16.7 Å². The van der Waals surface area contributed by atoms with Crippen LogP contribution in [-0.2, 0) is 9.59 Å². The standard InChI is InChI=1S/C29H37Br2NO3/c1-8-32-20-11-28(4,5)13-22(33)25(20)24(26-21(32)12-29(6,7)14-23(26)34)18-9-17(30)10-19(31)27(18)35-15-16(2)3/h9-10,16,24H,8,11-15H2,1-7H3. The quantitative estimate of drug-likeness (QED) is 0.341. The minimum atomic E-state index is -0.411. The first-order valence-corrected chi connectivity index (χ1v) is 14.2.